The number of carbonyl (C=O) groups excluding carboxylic acids is 1. The largest absolute Gasteiger partial charge is 0.493 e. The van der Waals surface area contributed by atoms with E-state index in [2.05, 4.69) is 15.9 Å². The summed E-state index contributed by atoms with van der Waals surface area (Å²) in [4.78, 5) is 11.9. The van der Waals surface area contributed by atoms with Crippen molar-refractivity contribution in [1.82, 2.24) is 0 Å². The summed E-state index contributed by atoms with van der Waals surface area (Å²) in [6, 6.07) is 9.77. The normalized spacial score (nSPS) is 10.3. The molecule has 0 aliphatic rings. The SMILES string of the molecule is COc1ccc(CCC(=O)OCc2ccc(F)cc2Br)cc1OC. The number of esters is 1. The first-order valence-electron chi connectivity index (χ1n) is 7.34. The van der Waals surface area contributed by atoms with Crippen LogP contribution in [0.15, 0.2) is 40.9 Å². The molecule has 0 aromatic heterocycles. The fourth-order valence-corrected chi connectivity index (χ4v) is 2.62. The Morgan fingerprint density at radius 1 is 1.08 bits per heavy atom. The number of halogens is 2. The molecule has 4 nitrogen and oxygen atoms in total. The van der Waals surface area contributed by atoms with Crippen molar-refractivity contribution in [2.45, 2.75) is 19.4 Å². The fraction of sp³-hybridized carbons (Fsp3) is 0.278. The Kier molecular flexibility index (Phi) is 6.61. The minimum absolute atomic E-state index is 0.103. The van der Waals surface area contributed by atoms with Crippen LogP contribution in [-0.4, -0.2) is 20.2 Å². The van der Waals surface area contributed by atoms with Crippen molar-refractivity contribution in [3.8, 4) is 11.5 Å². The highest BCUT2D eigenvalue weighted by atomic mass is 79.9. The molecule has 0 heterocycles. The van der Waals surface area contributed by atoms with Gasteiger partial charge in [0.1, 0.15) is 12.4 Å². The molecule has 0 aliphatic heterocycles. The van der Waals surface area contributed by atoms with E-state index in [4.69, 9.17) is 14.2 Å². The molecule has 0 radical (unpaired) electrons. The van der Waals surface area contributed by atoms with E-state index < -0.39 is 0 Å². The second-order valence-corrected chi connectivity index (χ2v) is 5.94. The Labute approximate surface area is 148 Å². The van der Waals surface area contributed by atoms with Crippen LogP contribution in [0.2, 0.25) is 0 Å². The van der Waals surface area contributed by atoms with Crippen molar-refractivity contribution in [2.75, 3.05) is 14.2 Å². The van der Waals surface area contributed by atoms with Gasteiger partial charge in [0, 0.05) is 16.5 Å². The molecule has 0 amide bonds. The minimum Gasteiger partial charge on any atom is -0.493 e. The molecule has 0 atom stereocenters. The zero-order valence-corrected chi connectivity index (χ0v) is 15.1. The summed E-state index contributed by atoms with van der Waals surface area (Å²) in [6.07, 6.45) is 0.776. The van der Waals surface area contributed by atoms with E-state index in [0.29, 0.717) is 22.4 Å². The van der Waals surface area contributed by atoms with E-state index in [-0.39, 0.29) is 24.8 Å². The van der Waals surface area contributed by atoms with Crippen molar-refractivity contribution in [1.29, 1.82) is 0 Å². The molecule has 0 saturated carbocycles. The van der Waals surface area contributed by atoms with Gasteiger partial charge in [0.25, 0.3) is 0 Å². The number of hydrogen-bond donors (Lipinski definition) is 0. The smallest absolute Gasteiger partial charge is 0.306 e. The van der Waals surface area contributed by atoms with Crippen LogP contribution in [0.4, 0.5) is 4.39 Å². The van der Waals surface area contributed by atoms with Crippen molar-refractivity contribution in [3.63, 3.8) is 0 Å². The first-order valence-corrected chi connectivity index (χ1v) is 8.13. The lowest BCUT2D eigenvalue weighted by Crippen LogP contribution is -2.06. The summed E-state index contributed by atoms with van der Waals surface area (Å²) in [7, 11) is 3.14. The highest BCUT2D eigenvalue weighted by Gasteiger charge is 2.09. The summed E-state index contributed by atoms with van der Waals surface area (Å²) >= 11 is 3.25. The highest BCUT2D eigenvalue weighted by molar-refractivity contribution is 9.10. The number of carbonyl (C=O) groups is 1. The maximum absolute atomic E-state index is 13.0. The van der Waals surface area contributed by atoms with Crippen LogP contribution in [0.25, 0.3) is 0 Å². The lowest BCUT2D eigenvalue weighted by Gasteiger charge is -2.10. The lowest BCUT2D eigenvalue weighted by atomic mass is 10.1. The Bertz CT molecular complexity index is 718. The van der Waals surface area contributed by atoms with Crippen molar-refractivity contribution in [3.05, 3.63) is 57.8 Å². The molecule has 2 aromatic carbocycles. The molecule has 0 aliphatic carbocycles. The fourth-order valence-electron chi connectivity index (χ4n) is 2.15. The first kappa shape index (κ1) is 18.3. The maximum atomic E-state index is 13.0. The van der Waals surface area contributed by atoms with Crippen molar-refractivity contribution in [2.24, 2.45) is 0 Å². The average Bonchev–Trinajstić information content (AvgIpc) is 2.58. The number of benzene rings is 2. The minimum atomic E-state index is -0.342. The van der Waals surface area contributed by atoms with Crippen LogP contribution >= 0.6 is 15.9 Å². The maximum Gasteiger partial charge on any atom is 0.306 e. The number of methoxy groups -OCH3 is 2. The summed E-state index contributed by atoms with van der Waals surface area (Å²) < 4.78 is 29.2. The van der Waals surface area contributed by atoms with Crippen molar-refractivity contribution < 1.29 is 23.4 Å². The van der Waals surface area contributed by atoms with E-state index >= 15 is 0 Å². The van der Waals surface area contributed by atoms with Gasteiger partial charge in [0.2, 0.25) is 0 Å². The summed E-state index contributed by atoms with van der Waals surface area (Å²) in [5, 5.41) is 0. The molecule has 6 heteroatoms. The summed E-state index contributed by atoms with van der Waals surface area (Å²) in [6.45, 7) is 0.103. The van der Waals surface area contributed by atoms with Crippen molar-refractivity contribution >= 4 is 21.9 Å². The van der Waals surface area contributed by atoms with Crippen LogP contribution < -0.4 is 9.47 Å². The van der Waals surface area contributed by atoms with E-state index in [1.54, 1.807) is 26.4 Å². The Balaban J connectivity index is 1.87. The molecule has 128 valence electrons. The van der Waals surface area contributed by atoms with Crippen LogP contribution in [0.5, 0.6) is 11.5 Å². The van der Waals surface area contributed by atoms with Gasteiger partial charge in [0.05, 0.1) is 14.2 Å². The van der Waals surface area contributed by atoms with Gasteiger partial charge < -0.3 is 14.2 Å². The number of rotatable bonds is 7. The van der Waals surface area contributed by atoms with Crippen LogP contribution in [-0.2, 0) is 22.6 Å². The predicted octanol–water partition coefficient (Wildman–Crippen LogP) is 4.28. The van der Waals surface area contributed by atoms with Gasteiger partial charge in [-0.3, -0.25) is 4.79 Å². The van der Waals surface area contributed by atoms with Crippen LogP contribution in [0.1, 0.15) is 17.5 Å². The zero-order chi connectivity index (χ0) is 17.5. The molecule has 2 rings (SSSR count). The first-order chi connectivity index (χ1) is 11.5. The van der Waals surface area contributed by atoms with Gasteiger partial charge in [-0.25, -0.2) is 4.39 Å². The molecule has 0 N–H and O–H groups in total. The van der Waals surface area contributed by atoms with E-state index in [1.807, 2.05) is 12.1 Å². The second kappa shape index (κ2) is 8.68. The van der Waals surface area contributed by atoms with Gasteiger partial charge in [-0.1, -0.05) is 28.1 Å². The molecule has 24 heavy (non-hydrogen) atoms. The summed E-state index contributed by atoms with van der Waals surface area (Å²) in [5.74, 6) is 0.606. The third-order valence-corrected chi connectivity index (χ3v) is 4.21. The van der Waals surface area contributed by atoms with E-state index in [0.717, 1.165) is 11.1 Å². The van der Waals surface area contributed by atoms with Gasteiger partial charge in [-0.2, -0.15) is 0 Å². The molecule has 0 bridgehead atoms. The Morgan fingerprint density at radius 3 is 2.50 bits per heavy atom. The predicted molar refractivity (Wildman–Crippen MR) is 91.8 cm³/mol. The molecule has 0 spiro atoms. The van der Waals surface area contributed by atoms with E-state index in [9.17, 15) is 9.18 Å². The van der Waals surface area contributed by atoms with Crippen LogP contribution in [0.3, 0.4) is 0 Å². The highest BCUT2D eigenvalue weighted by Crippen LogP contribution is 2.28. The monoisotopic (exact) mass is 396 g/mol. The van der Waals surface area contributed by atoms with Gasteiger partial charge >= 0.3 is 5.97 Å². The second-order valence-electron chi connectivity index (χ2n) is 5.09. The number of aryl methyl sites for hydroxylation is 1. The lowest BCUT2D eigenvalue weighted by molar-refractivity contribution is -0.144. The van der Waals surface area contributed by atoms with Gasteiger partial charge in [-0.05, 0) is 36.2 Å². The Morgan fingerprint density at radius 2 is 1.83 bits per heavy atom. The third-order valence-electron chi connectivity index (χ3n) is 3.47. The van der Waals surface area contributed by atoms with Crippen LogP contribution in [0, 0.1) is 5.82 Å². The summed E-state index contributed by atoms with van der Waals surface area (Å²) in [5.41, 5.74) is 1.67. The quantitative estimate of drug-likeness (QED) is 0.655. The molecule has 0 unspecified atom stereocenters. The molecular weight excluding hydrogens is 379 g/mol. The third kappa shape index (κ3) is 4.96. The van der Waals surface area contributed by atoms with E-state index in [1.165, 1.54) is 12.1 Å². The molecular formula is C18H18BrFO4. The standard InChI is InChI=1S/C18H18BrFO4/c1-22-16-7-3-12(9-17(16)23-2)4-8-18(21)24-11-13-5-6-14(20)10-15(13)19/h3,5-7,9-10H,4,8,11H2,1-2H3. The molecule has 2 aromatic rings. The number of hydrogen-bond acceptors (Lipinski definition) is 4. The Hall–Kier alpha value is -2.08. The van der Waals surface area contributed by atoms with Gasteiger partial charge in [-0.15, -0.1) is 0 Å². The number of ether oxygens (including phenoxy) is 3. The molecule has 0 saturated heterocycles. The topological polar surface area (TPSA) is 44.8 Å². The van der Waals surface area contributed by atoms with Gasteiger partial charge in [0.15, 0.2) is 11.5 Å². The average molecular weight is 397 g/mol. The zero-order valence-electron chi connectivity index (χ0n) is 13.5. The molecule has 0 fully saturated rings.